The van der Waals surface area contributed by atoms with Crippen molar-refractivity contribution >= 4 is 78.6 Å². The van der Waals surface area contributed by atoms with Gasteiger partial charge in [0.1, 0.15) is 10.0 Å². The summed E-state index contributed by atoms with van der Waals surface area (Å²) in [6, 6.07) is 22.0. The van der Waals surface area contributed by atoms with Crippen LogP contribution in [0.3, 0.4) is 0 Å². The van der Waals surface area contributed by atoms with Gasteiger partial charge in [0.25, 0.3) is 0 Å². The smallest absolute Gasteiger partial charge is 0.872 e. The van der Waals surface area contributed by atoms with Crippen molar-refractivity contribution in [3.8, 4) is 11.5 Å². The summed E-state index contributed by atoms with van der Waals surface area (Å²) in [6.07, 6.45) is 3.11. The fraction of sp³-hybridized carbons (Fsp3) is 0.200. The van der Waals surface area contributed by atoms with E-state index in [-0.39, 0.29) is 40.2 Å². The predicted octanol–water partition coefficient (Wildman–Crippen LogP) is 9.04. The molecule has 0 unspecified atom stereocenters. The van der Waals surface area contributed by atoms with Crippen LogP contribution in [0.2, 0.25) is 0 Å². The van der Waals surface area contributed by atoms with Crippen molar-refractivity contribution in [1.29, 1.82) is 0 Å². The van der Waals surface area contributed by atoms with Gasteiger partial charge in [0.15, 0.2) is 0 Å². The van der Waals surface area contributed by atoms with E-state index in [9.17, 15) is 19.8 Å². The normalized spacial score (nSPS) is 11.1. The molecule has 2 heterocycles. The summed E-state index contributed by atoms with van der Waals surface area (Å²) in [6.45, 7) is 11.8. The summed E-state index contributed by atoms with van der Waals surface area (Å²) in [7, 11) is 0. The fourth-order valence-electron chi connectivity index (χ4n) is 5.35. The van der Waals surface area contributed by atoms with Crippen LogP contribution in [0.25, 0.3) is 21.5 Å². The Balaban J connectivity index is 0.000000224. The van der Waals surface area contributed by atoms with Gasteiger partial charge < -0.3 is 19.7 Å². The van der Waals surface area contributed by atoms with E-state index in [1.807, 2.05) is 76.2 Å². The van der Waals surface area contributed by atoms with Gasteiger partial charge in [0.05, 0.1) is 24.3 Å². The van der Waals surface area contributed by atoms with E-state index >= 15 is 0 Å². The summed E-state index contributed by atoms with van der Waals surface area (Å²) >= 11 is 2.85. The van der Waals surface area contributed by atoms with Gasteiger partial charge >= 0.3 is 28.7 Å². The third-order valence-corrected chi connectivity index (χ3v) is 10.4. The molecule has 0 spiro atoms. The summed E-state index contributed by atoms with van der Waals surface area (Å²) in [5, 5.41) is 29.3. The van der Waals surface area contributed by atoms with Crippen molar-refractivity contribution in [1.82, 2.24) is 0 Å². The molecule has 8 nitrogen and oxygen atoms in total. The number of aryl methyl sites for hydroxylation is 2. The predicted molar refractivity (Wildman–Crippen MR) is 201 cm³/mol. The third kappa shape index (κ3) is 8.57. The van der Waals surface area contributed by atoms with E-state index in [4.69, 9.17) is 9.47 Å². The van der Waals surface area contributed by atoms with Gasteiger partial charge in [-0.1, -0.05) is 84.3 Å². The first-order valence-corrected chi connectivity index (χ1v) is 17.7. The number of esters is 2. The molecule has 0 amide bonds. The Bertz CT molecular complexity index is 2110. The minimum Gasteiger partial charge on any atom is -0.872 e. The second-order valence-corrected chi connectivity index (χ2v) is 13.7. The number of aliphatic imine (C=N–C) groups is 2. The molecule has 6 aromatic rings. The Kier molecular flexibility index (Phi) is 13.3. The van der Waals surface area contributed by atoms with Crippen molar-refractivity contribution in [3.63, 3.8) is 0 Å². The average Bonchev–Trinajstić information content (AvgIpc) is 3.56. The molecular weight excluding hydrogens is 728 g/mol. The standard InChI is InChI=1S/2C20H19NO3S.Co/c2*1-4-24-20(23)18-12(2)13(3)25-19(18)21-11-16-15-8-6-5-7-14(15)9-10-17(16)22;/h2*5-11,22H,4H2,1-3H3;/q;;+2/p-2/b2*21-11+;. The first-order valence-electron chi connectivity index (χ1n) is 16.0. The molecule has 0 saturated carbocycles. The summed E-state index contributed by atoms with van der Waals surface area (Å²) in [4.78, 5) is 35.4. The molecule has 0 saturated heterocycles. The van der Waals surface area contributed by atoms with Crippen molar-refractivity contribution in [2.45, 2.75) is 41.5 Å². The maximum absolute atomic E-state index is 12.3. The number of nitrogens with zero attached hydrogens (tertiary/aromatic N) is 2. The second-order valence-electron chi connectivity index (χ2n) is 11.3. The molecule has 0 N–H and O–H groups in total. The van der Waals surface area contributed by atoms with Gasteiger partial charge in [0, 0.05) is 22.2 Å². The van der Waals surface area contributed by atoms with E-state index in [0.717, 1.165) is 42.4 Å². The number of thiophene rings is 2. The van der Waals surface area contributed by atoms with Crippen LogP contribution in [-0.2, 0) is 26.3 Å². The maximum atomic E-state index is 12.3. The Morgan fingerprint density at radius 3 is 1.37 bits per heavy atom. The Hall–Kier alpha value is -4.81. The molecule has 0 bridgehead atoms. The quantitative estimate of drug-likeness (QED) is 0.113. The zero-order chi connectivity index (χ0) is 35.9. The molecular formula is C40H36CoN2O6S2. The third-order valence-electron chi connectivity index (χ3n) is 8.18. The molecule has 0 aliphatic carbocycles. The van der Waals surface area contributed by atoms with Crippen molar-refractivity contribution in [3.05, 3.63) is 116 Å². The molecule has 0 aliphatic heterocycles. The van der Waals surface area contributed by atoms with Crippen LogP contribution in [0.4, 0.5) is 10.0 Å². The average molecular weight is 764 g/mol. The number of hydrogen-bond acceptors (Lipinski definition) is 10. The van der Waals surface area contributed by atoms with Crippen LogP contribution in [0.5, 0.6) is 11.5 Å². The zero-order valence-corrected chi connectivity index (χ0v) is 31.7. The van der Waals surface area contributed by atoms with Crippen molar-refractivity contribution in [2.75, 3.05) is 13.2 Å². The second kappa shape index (κ2) is 17.4. The molecule has 2 aromatic heterocycles. The SMILES string of the molecule is CCOC(=O)c1c(/N=C/c2c([O-])ccc3ccccc23)sc(C)c1C.CCOC(=O)c1c(/N=C/c2c([O-])ccc3ccccc23)sc(C)c1C.[Co+2]. The molecule has 51 heavy (non-hydrogen) atoms. The van der Waals surface area contributed by atoms with Crippen molar-refractivity contribution in [2.24, 2.45) is 9.98 Å². The number of carbonyl (C=O) groups excluding carboxylic acids is 2. The van der Waals surface area contributed by atoms with Crippen LogP contribution < -0.4 is 10.2 Å². The van der Waals surface area contributed by atoms with E-state index in [2.05, 4.69) is 9.98 Å². The van der Waals surface area contributed by atoms with Gasteiger partial charge in [-0.3, -0.25) is 0 Å². The Morgan fingerprint density at radius 1 is 0.627 bits per heavy atom. The summed E-state index contributed by atoms with van der Waals surface area (Å²) in [5.41, 5.74) is 3.75. The van der Waals surface area contributed by atoms with Crippen LogP contribution in [0.1, 0.15) is 66.6 Å². The first kappa shape index (κ1) is 39.0. The molecule has 1 radical (unpaired) electrons. The largest absolute Gasteiger partial charge is 2.00 e. The number of rotatable bonds is 8. The van der Waals surface area contributed by atoms with Gasteiger partial charge in [0.2, 0.25) is 0 Å². The van der Waals surface area contributed by atoms with Crippen LogP contribution in [0.15, 0.2) is 82.8 Å². The van der Waals surface area contributed by atoms with Gasteiger partial charge in [-0.2, -0.15) is 0 Å². The van der Waals surface area contributed by atoms with Crippen LogP contribution >= 0.6 is 22.7 Å². The maximum Gasteiger partial charge on any atom is 2.00 e. The Morgan fingerprint density at radius 2 is 1.00 bits per heavy atom. The van der Waals surface area contributed by atoms with E-state index < -0.39 is 0 Å². The Labute approximate surface area is 315 Å². The van der Waals surface area contributed by atoms with Gasteiger partial charge in [-0.15, -0.1) is 22.7 Å². The number of hydrogen-bond donors (Lipinski definition) is 0. The zero-order valence-electron chi connectivity index (χ0n) is 29.0. The molecule has 11 heteroatoms. The van der Waals surface area contributed by atoms with Gasteiger partial charge in [-0.25, -0.2) is 19.6 Å². The van der Waals surface area contributed by atoms with E-state index in [0.29, 0.717) is 45.5 Å². The van der Waals surface area contributed by atoms with Crippen LogP contribution in [0, 0.1) is 27.7 Å². The molecule has 4 aromatic carbocycles. The molecule has 0 fully saturated rings. The molecule has 0 aliphatic rings. The number of fused-ring (bicyclic) bond motifs is 2. The number of benzene rings is 4. The minimum atomic E-state index is -0.378. The topological polar surface area (TPSA) is 123 Å². The van der Waals surface area contributed by atoms with Crippen molar-refractivity contribution < 1.29 is 46.1 Å². The minimum absolute atomic E-state index is 0. The van der Waals surface area contributed by atoms with E-state index in [1.165, 1.54) is 22.7 Å². The van der Waals surface area contributed by atoms with E-state index in [1.54, 1.807) is 50.5 Å². The number of ether oxygens (including phenoxy) is 2. The molecule has 0 atom stereocenters. The fourth-order valence-corrected chi connectivity index (χ4v) is 7.33. The monoisotopic (exact) mass is 763 g/mol. The summed E-state index contributed by atoms with van der Waals surface area (Å²) in [5.74, 6) is -0.941. The van der Waals surface area contributed by atoms with Gasteiger partial charge in [-0.05, 0) is 85.3 Å². The molecule has 263 valence electrons. The number of carbonyl (C=O) groups is 2. The summed E-state index contributed by atoms with van der Waals surface area (Å²) < 4.78 is 10.3. The molecule has 6 rings (SSSR count). The first-order chi connectivity index (χ1) is 24.0. The van der Waals surface area contributed by atoms with Crippen LogP contribution in [-0.4, -0.2) is 37.6 Å².